The fourth-order valence-corrected chi connectivity index (χ4v) is 6.06. The van der Waals surface area contributed by atoms with Crippen molar-refractivity contribution in [2.24, 2.45) is 5.92 Å². The largest absolute Gasteiger partial charge is 0.339 e. The molecular weight excluding hydrogens is 370 g/mol. The minimum Gasteiger partial charge on any atom is -0.339 e. The number of fused-ring (bicyclic) bond motifs is 1. The number of hydrogen-bond donors (Lipinski definition) is 0. The van der Waals surface area contributed by atoms with Crippen LogP contribution in [0.4, 0.5) is 0 Å². The molecule has 6 nitrogen and oxygen atoms in total. The maximum atomic E-state index is 12.8. The van der Waals surface area contributed by atoms with E-state index >= 15 is 0 Å². The summed E-state index contributed by atoms with van der Waals surface area (Å²) in [7, 11) is -0.213. The van der Waals surface area contributed by atoms with Gasteiger partial charge in [0.25, 0.3) is 10.2 Å². The summed E-state index contributed by atoms with van der Waals surface area (Å²) in [4.78, 5) is 16.1. The molecule has 2 fully saturated rings. The van der Waals surface area contributed by atoms with Crippen molar-refractivity contribution in [3.63, 3.8) is 0 Å². The molecule has 2 aliphatic heterocycles. The van der Waals surface area contributed by atoms with E-state index in [9.17, 15) is 13.2 Å². The summed E-state index contributed by atoms with van der Waals surface area (Å²) in [5.74, 6) is 0.494. The lowest BCUT2D eigenvalue weighted by Crippen LogP contribution is -2.57. The Kier molecular flexibility index (Phi) is 6.37. The summed E-state index contributed by atoms with van der Waals surface area (Å²) < 4.78 is 27.7. The Morgan fingerprint density at radius 1 is 1.31 bits per heavy atom. The summed E-state index contributed by atoms with van der Waals surface area (Å²) in [6.45, 7) is 1.85. The Morgan fingerprint density at radius 3 is 2.81 bits per heavy atom. The van der Waals surface area contributed by atoms with Gasteiger partial charge in [-0.05, 0) is 49.5 Å². The third-order valence-corrected chi connectivity index (χ3v) is 8.38. The maximum absolute atomic E-state index is 12.8. The first-order valence-corrected chi connectivity index (χ1v) is 11.7. The predicted molar refractivity (Wildman–Crippen MR) is 104 cm³/mol. The normalized spacial score (nSPS) is 24.7. The third kappa shape index (κ3) is 4.30. The van der Waals surface area contributed by atoms with Crippen molar-refractivity contribution >= 4 is 27.5 Å². The molecule has 1 aromatic rings. The zero-order valence-electron chi connectivity index (χ0n) is 15.6. The van der Waals surface area contributed by atoms with Crippen LogP contribution in [0, 0.1) is 5.92 Å². The molecule has 2 saturated heterocycles. The molecule has 0 saturated carbocycles. The molecule has 0 bridgehead atoms. The molecule has 0 aromatic carbocycles. The zero-order chi connectivity index (χ0) is 18.7. The van der Waals surface area contributed by atoms with E-state index in [0.29, 0.717) is 19.5 Å². The zero-order valence-corrected chi connectivity index (χ0v) is 17.3. The predicted octanol–water partition coefficient (Wildman–Crippen LogP) is 2.19. The van der Waals surface area contributed by atoms with Crippen LogP contribution in [0.3, 0.4) is 0 Å². The van der Waals surface area contributed by atoms with Gasteiger partial charge in [-0.1, -0.05) is 6.07 Å². The lowest BCUT2D eigenvalue weighted by molar-refractivity contribution is -0.137. The summed E-state index contributed by atoms with van der Waals surface area (Å²) >= 11 is 1.74. The molecule has 3 rings (SSSR count). The Hall–Kier alpha value is -0.960. The first-order valence-electron chi connectivity index (χ1n) is 9.39. The van der Waals surface area contributed by atoms with Crippen LogP contribution in [-0.2, 0) is 21.4 Å². The molecule has 2 aliphatic rings. The molecule has 0 unspecified atom stereocenters. The summed E-state index contributed by atoms with van der Waals surface area (Å²) in [6, 6.07) is 4.37. The second kappa shape index (κ2) is 8.37. The van der Waals surface area contributed by atoms with Gasteiger partial charge in [0.1, 0.15) is 0 Å². The monoisotopic (exact) mass is 399 g/mol. The number of hydrogen-bond acceptors (Lipinski definition) is 4. The van der Waals surface area contributed by atoms with Crippen molar-refractivity contribution in [1.82, 2.24) is 13.5 Å². The van der Waals surface area contributed by atoms with Gasteiger partial charge in [0, 0.05) is 51.1 Å². The highest BCUT2D eigenvalue weighted by Gasteiger charge is 2.41. The number of carbonyl (C=O) groups excluding carboxylic acids is 1. The fourth-order valence-electron chi connectivity index (χ4n) is 4.13. The Morgan fingerprint density at radius 2 is 2.12 bits per heavy atom. The van der Waals surface area contributed by atoms with E-state index in [1.54, 1.807) is 29.7 Å². The van der Waals surface area contributed by atoms with Gasteiger partial charge in [0.2, 0.25) is 5.91 Å². The standard InChI is InChI=1S/C18H29N3O3S2/c1-19(2)26(23,24)20-12-10-17-15(14-20)6-4-11-21(17)18(22)9-3-7-16-8-5-13-25-16/h5,8,13,15,17H,3-4,6-7,9-12,14H2,1-2H3/t15-,17+/m1/s1. The van der Waals surface area contributed by atoms with Crippen LogP contribution in [0.5, 0.6) is 0 Å². The van der Waals surface area contributed by atoms with Gasteiger partial charge in [-0.3, -0.25) is 4.79 Å². The molecule has 0 spiro atoms. The van der Waals surface area contributed by atoms with Crippen molar-refractivity contribution in [2.45, 2.75) is 44.6 Å². The molecule has 0 aliphatic carbocycles. The second-order valence-electron chi connectivity index (χ2n) is 7.43. The first kappa shape index (κ1) is 19.8. The van der Waals surface area contributed by atoms with Crippen LogP contribution in [-0.4, -0.2) is 67.6 Å². The van der Waals surface area contributed by atoms with E-state index in [-0.39, 0.29) is 17.9 Å². The minimum atomic E-state index is -3.36. The number of rotatable bonds is 6. The highest BCUT2D eigenvalue weighted by molar-refractivity contribution is 7.86. The number of piperidine rings is 2. The van der Waals surface area contributed by atoms with Gasteiger partial charge in [-0.2, -0.15) is 17.0 Å². The lowest BCUT2D eigenvalue weighted by atomic mass is 9.84. The number of amides is 1. The van der Waals surface area contributed by atoms with Crippen molar-refractivity contribution in [1.29, 1.82) is 0 Å². The Labute approximate surface area is 161 Å². The highest BCUT2D eigenvalue weighted by atomic mass is 32.2. The molecule has 0 N–H and O–H groups in total. The number of aryl methyl sites for hydroxylation is 1. The van der Waals surface area contributed by atoms with Crippen LogP contribution in [0.15, 0.2) is 17.5 Å². The number of nitrogens with zero attached hydrogens (tertiary/aromatic N) is 3. The number of thiophene rings is 1. The van der Waals surface area contributed by atoms with Gasteiger partial charge in [-0.15, -0.1) is 11.3 Å². The van der Waals surface area contributed by atoms with Crippen LogP contribution in [0.25, 0.3) is 0 Å². The van der Waals surface area contributed by atoms with Gasteiger partial charge < -0.3 is 4.90 Å². The van der Waals surface area contributed by atoms with Crippen LogP contribution in [0.1, 0.15) is 37.0 Å². The van der Waals surface area contributed by atoms with Crippen molar-refractivity contribution < 1.29 is 13.2 Å². The minimum absolute atomic E-state index is 0.201. The molecule has 3 heterocycles. The maximum Gasteiger partial charge on any atom is 0.281 e. The molecule has 8 heteroatoms. The smallest absolute Gasteiger partial charge is 0.281 e. The van der Waals surface area contributed by atoms with E-state index in [4.69, 9.17) is 0 Å². The molecular formula is C18H29N3O3S2. The van der Waals surface area contributed by atoms with E-state index in [0.717, 1.165) is 38.6 Å². The van der Waals surface area contributed by atoms with Gasteiger partial charge in [0.05, 0.1) is 0 Å². The quantitative estimate of drug-likeness (QED) is 0.737. The van der Waals surface area contributed by atoms with Crippen molar-refractivity contribution in [3.05, 3.63) is 22.4 Å². The molecule has 2 atom stereocenters. The average molecular weight is 400 g/mol. The second-order valence-corrected chi connectivity index (χ2v) is 10.6. The lowest BCUT2D eigenvalue weighted by Gasteiger charge is -2.47. The van der Waals surface area contributed by atoms with Gasteiger partial charge in [-0.25, -0.2) is 0 Å². The number of carbonyl (C=O) groups is 1. The summed E-state index contributed by atoms with van der Waals surface area (Å²) in [5, 5.41) is 2.07. The molecule has 1 aromatic heterocycles. The van der Waals surface area contributed by atoms with Crippen molar-refractivity contribution in [2.75, 3.05) is 33.7 Å². The average Bonchev–Trinajstić information content (AvgIpc) is 3.13. The van der Waals surface area contributed by atoms with Crippen LogP contribution >= 0.6 is 11.3 Å². The van der Waals surface area contributed by atoms with E-state index in [1.807, 2.05) is 11.0 Å². The molecule has 26 heavy (non-hydrogen) atoms. The molecule has 1 amide bonds. The van der Waals surface area contributed by atoms with E-state index in [1.165, 1.54) is 9.18 Å². The van der Waals surface area contributed by atoms with Gasteiger partial charge >= 0.3 is 0 Å². The summed E-state index contributed by atoms with van der Waals surface area (Å²) in [5.41, 5.74) is 0. The van der Waals surface area contributed by atoms with Crippen molar-refractivity contribution in [3.8, 4) is 0 Å². The first-order chi connectivity index (χ1) is 12.4. The van der Waals surface area contributed by atoms with Gasteiger partial charge in [0.15, 0.2) is 0 Å². The van der Waals surface area contributed by atoms with Crippen LogP contribution < -0.4 is 0 Å². The highest BCUT2D eigenvalue weighted by Crippen LogP contribution is 2.32. The van der Waals surface area contributed by atoms with E-state index in [2.05, 4.69) is 11.4 Å². The third-order valence-electron chi connectivity index (χ3n) is 5.53. The van der Waals surface area contributed by atoms with E-state index < -0.39 is 10.2 Å². The Balaban J connectivity index is 1.56. The van der Waals surface area contributed by atoms with Crippen LogP contribution in [0.2, 0.25) is 0 Å². The SMILES string of the molecule is CN(C)S(=O)(=O)N1CC[C@H]2[C@H](CCCN2C(=O)CCCc2cccs2)C1. The Bertz CT molecular complexity index is 703. The fraction of sp³-hybridized carbons (Fsp3) is 0.722. The summed E-state index contributed by atoms with van der Waals surface area (Å²) in [6.07, 6.45) is 5.14. The topological polar surface area (TPSA) is 60.9 Å². The number of likely N-dealkylation sites (tertiary alicyclic amines) is 1. The molecule has 146 valence electrons. The molecule has 0 radical (unpaired) electrons.